The van der Waals surface area contributed by atoms with Gasteiger partial charge in [-0.05, 0) is 35.9 Å². The molecule has 0 fully saturated rings. The van der Waals surface area contributed by atoms with Crippen molar-refractivity contribution in [1.82, 2.24) is 4.31 Å². The van der Waals surface area contributed by atoms with Crippen molar-refractivity contribution in [3.63, 3.8) is 0 Å². The third kappa shape index (κ3) is 5.80. The van der Waals surface area contributed by atoms with Crippen LogP contribution in [0.3, 0.4) is 0 Å². The number of nitrogens with zero attached hydrogens (tertiary/aromatic N) is 1. The molecule has 9 heteroatoms. The molecule has 2 aromatic carbocycles. The molecule has 28 heavy (non-hydrogen) atoms. The van der Waals surface area contributed by atoms with Gasteiger partial charge < -0.3 is 14.8 Å². The predicted molar refractivity (Wildman–Crippen MR) is 104 cm³/mol. The number of carbonyl (C=O) groups excluding carboxylic acids is 2. The van der Waals surface area contributed by atoms with Crippen molar-refractivity contribution < 1.29 is 27.5 Å². The summed E-state index contributed by atoms with van der Waals surface area (Å²) in [5.74, 6) is -0.308. The maximum atomic E-state index is 12.2. The first kappa shape index (κ1) is 21.4. The molecule has 1 N–H and O–H groups in total. The van der Waals surface area contributed by atoms with E-state index in [9.17, 15) is 18.0 Å². The lowest BCUT2D eigenvalue weighted by Gasteiger charge is -2.13. The molecule has 0 atom stereocenters. The first-order chi connectivity index (χ1) is 13.2. The van der Waals surface area contributed by atoms with Crippen LogP contribution in [0.25, 0.3) is 0 Å². The van der Waals surface area contributed by atoms with Gasteiger partial charge in [0, 0.05) is 19.8 Å². The van der Waals surface area contributed by atoms with Crippen LogP contribution < -0.4 is 10.1 Å². The van der Waals surface area contributed by atoms with Crippen LogP contribution >= 0.6 is 0 Å². The van der Waals surface area contributed by atoms with E-state index in [1.807, 2.05) is 0 Å². The summed E-state index contributed by atoms with van der Waals surface area (Å²) in [5.41, 5.74) is 1.12. The van der Waals surface area contributed by atoms with Crippen molar-refractivity contribution in [2.24, 2.45) is 0 Å². The number of anilines is 1. The molecular formula is C19H22N2O6S. The fourth-order valence-corrected chi connectivity index (χ4v) is 3.18. The van der Waals surface area contributed by atoms with Crippen LogP contribution in [0.2, 0.25) is 0 Å². The number of ether oxygens (including phenoxy) is 2. The molecule has 0 aliphatic rings. The molecule has 0 aliphatic heterocycles. The minimum absolute atomic E-state index is 0.0809. The zero-order valence-electron chi connectivity index (χ0n) is 15.8. The minimum Gasteiger partial charge on any atom is -0.484 e. The van der Waals surface area contributed by atoms with Crippen molar-refractivity contribution >= 4 is 27.6 Å². The second-order valence-electron chi connectivity index (χ2n) is 6.05. The molecule has 2 rings (SSSR count). The maximum absolute atomic E-state index is 12.2. The van der Waals surface area contributed by atoms with Crippen LogP contribution in [0.4, 0.5) is 5.69 Å². The third-order valence-corrected chi connectivity index (χ3v) is 5.58. The molecule has 0 spiro atoms. The number of rotatable bonds is 8. The first-order valence-corrected chi connectivity index (χ1v) is 9.77. The molecule has 0 radical (unpaired) electrons. The number of nitrogens with one attached hydrogen (secondary N) is 1. The molecule has 150 valence electrons. The minimum atomic E-state index is -3.59. The topological polar surface area (TPSA) is 102 Å². The van der Waals surface area contributed by atoms with E-state index in [0.717, 1.165) is 9.87 Å². The van der Waals surface area contributed by atoms with E-state index in [1.54, 1.807) is 36.4 Å². The van der Waals surface area contributed by atoms with Gasteiger partial charge in [-0.2, -0.15) is 0 Å². The Labute approximate surface area is 164 Å². The van der Waals surface area contributed by atoms with Crippen molar-refractivity contribution in [3.8, 4) is 5.75 Å². The Morgan fingerprint density at radius 3 is 2.36 bits per heavy atom. The van der Waals surface area contributed by atoms with Crippen molar-refractivity contribution in [2.75, 3.05) is 33.1 Å². The summed E-state index contributed by atoms with van der Waals surface area (Å²) >= 11 is 0. The lowest BCUT2D eigenvalue weighted by molar-refractivity contribution is -0.139. The molecule has 0 saturated carbocycles. The van der Waals surface area contributed by atoms with Crippen LogP contribution in [0.15, 0.2) is 53.4 Å². The highest BCUT2D eigenvalue weighted by Crippen LogP contribution is 2.18. The van der Waals surface area contributed by atoms with Gasteiger partial charge >= 0.3 is 5.97 Å². The average Bonchev–Trinajstić information content (AvgIpc) is 2.67. The van der Waals surface area contributed by atoms with Crippen molar-refractivity contribution in [1.29, 1.82) is 0 Å². The molecule has 0 unspecified atom stereocenters. The molecular weight excluding hydrogens is 384 g/mol. The summed E-state index contributed by atoms with van der Waals surface area (Å²) in [5, 5.41) is 2.60. The molecule has 0 aliphatic carbocycles. The number of methoxy groups -OCH3 is 1. The molecule has 0 heterocycles. The Kier molecular flexibility index (Phi) is 7.13. The Bertz CT molecular complexity index is 939. The Morgan fingerprint density at radius 1 is 1.07 bits per heavy atom. The van der Waals surface area contributed by atoms with Gasteiger partial charge in [-0.15, -0.1) is 0 Å². The fraction of sp³-hybridized carbons (Fsp3) is 0.263. The molecule has 0 bridgehead atoms. The van der Waals surface area contributed by atoms with E-state index >= 15 is 0 Å². The Balaban J connectivity index is 1.93. The number of esters is 1. The second kappa shape index (κ2) is 9.34. The lowest BCUT2D eigenvalue weighted by atomic mass is 10.1. The van der Waals surface area contributed by atoms with E-state index in [1.165, 1.54) is 33.3 Å². The Hall–Kier alpha value is -2.91. The monoisotopic (exact) mass is 406 g/mol. The molecule has 8 nitrogen and oxygen atoms in total. The molecule has 2 aromatic rings. The van der Waals surface area contributed by atoms with E-state index in [4.69, 9.17) is 4.74 Å². The normalized spacial score (nSPS) is 11.1. The summed E-state index contributed by atoms with van der Waals surface area (Å²) in [6, 6.07) is 12.7. The summed E-state index contributed by atoms with van der Waals surface area (Å²) in [6.07, 6.45) is 0.156. The summed E-state index contributed by atoms with van der Waals surface area (Å²) < 4.78 is 35.4. The predicted octanol–water partition coefficient (Wildman–Crippen LogP) is 1.67. The molecule has 0 saturated heterocycles. The summed E-state index contributed by atoms with van der Waals surface area (Å²) in [7, 11) is 0.607. The van der Waals surface area contributed by atoms with E-state index in [0.29, 0.717) is 11.4 Å². The standard InChI is InChI=1S/C19H22N2O6S/c1-21(2)28(24,25)17-6-4-5-15(12-17)20-18(22)13-27-16-9-7-14(8-10-16)11-19(23)26-3/h4-10,12H,11,13H2,1-3H3,(H,20,22). The maximum Gasteiger partial charge on any atom is 0.309 e. The number of hydrogen-bond donors (Lipinski definition) is 1. The zero-order valence-corrected chi connectivity index (χ0v) is 16.7. The Morgan fingerprint density at radius 2 is 1.75 bits per heavy atom. The van der Waals surface area contributed by atoms with Gasteiger partial charge in [0.2, 0.25) is 10.0 Å². The highest BCUT2D eigenvalue weighted by Gasteiger charge is 2.17. The SMILES string of the molecule is COC(=O)Cc1ccc(OCC(=O)Nc2cccc(S(=O)(=O)N(C)C)c2)cc1. The van der Waals surface area contributed by atoms with Gasteiger partial charge in [0.1, 0.15) is 5.75 Å². The second-order valence-corrected chi connectivity index (χ2v) is 8.20. The van der Waals surface area contributed by atoms with Gasteiger partial charge in [-0.3, -0.25) is 9.59 Å². The lowest BCUT2D eigenvalue weighted by Crippen LogP contribution is -2.23. The van der Waals surface area contributed by atoms with Crippen LogP contribution in [0, 0.1) is 0 Å². The number of hydrogen-bond acceptors (Lipinski definition) is 6. The molecule has 1 amide bonds. The van der Waals surface area contributed by atoms with Crippen LogP contribution in [-0.4, -0.2) is 52.4 Å². The summed E-state index contributed by atoms with van der Waals surface area (Å²) in [4.78, 5) is 23.4. The van der Waals surface area contributed by atoms with E-state index < -0.39 is 15.9 Å². The van der Waals surface area contributed by atoms with Crippen LogP contribution in [-0.2, 0) is 30.8 Å². The van der Waals surface area contributed by atoms with Gasteiger partial charge in [0.25, 0.3) is 5.91 Å². The average molecular weight is 406 g/mol. The number of amides is 1. The number of carbonyl (C=O) groups is 2. The van der Waals surface area contributed by atoms with Gasteiger partial charge in [-0.1, -0.05) is 18.2 Å². The first-order valence-electron chi connectivity index (χ1n) is 8.33. The number of benzene rings is 2. The third-order valence-electron chi connectivity index (χ3n) is 3.77. The van der Waals surface area contributed by atoms with E-state index in [-0.39, 0.29) is 23.9 Å². The van der Waals surface area contributed by atoms with Crippen molar-refractivity contribution in [2.45, 2.75) is 11.3 Å². The largest absolute Gasteiger partial charge is 0.484 e. The molecule has 0 aromatic heterocycles. The highest BCUT2D eigenvalue weighted by atomic mass is 32.2. The fourth-order valence-electron chi connectivity index (χ4n) is 2.23. The number of sulfonamides is 1. The van der Waals surface area contributed by atoms with Crippen LogP contribution in [0.5, 0.6) is 5.75 Å². The van der Waals surface area contributed by atoms with Gasteiger partial charge in [-0.25, -0.2) is 12.7 Å². The smallest absolute Gasteiger partial charge is 0.309 e. The summed E-state index contributed by atoms with van der Waals surface area (Å²) in [6.45, 7) is -0.249. The van der Waals surface area contributed by atoms with Crippen molar-refractivity contribution in [3.05, 3.63) is 54.1 Å². The highest BCUT2D eigenvalue weighted by molar-refractivity contribution is 7.89. The van der Waals surface area contributed by atoms with Crippen LogP contribution in [0.1, 0.15) is 5.56 Å². The van der Waals surface area contributed by atoms with Gasteiger partial charge in [0.15, 0.2) is 6.61 Å². The van der Waals surface area contributed by atoms with Gasteiger partial charge in [0.05, 0.1) is 18.4 Å². The zero-order chi connectivity index (χ0) is 20.7. The quantitative estimate of drug-likeness (QED) is 0.669. The van der Waals surface area contributed by atoms with E-state index in [2.05, 4.69) is 10.1 Å².